The summed E-state index contributed by atoms with van der Waals surface area (Å²) in [5.41, 5.74) is 9.21. The molecule has 0 bridgehead atoms. The minimum Gasteiger partial charge on any atom is -0.318 e. The van der Waals surface area contributed by atoms with Crippen LogP contribution in [0.4, 0.5) is 5.69 Å². The van der Waals surface area contributed by atoms with E-state index in [4.69, 9.17) is 6.57 Å². The van der Waals surface area contributed by atoms with Gasteiger partial charge in [0.05, 0.1) is 46.0 Å². The second-order valence-electron chi connectivity index (χ2n) is 10.4. The Morgan fingerprint density at radius 3 is 1.90 bits per heavy atom. The van der Waals surface area contributed by atoms with Crippen molar-refractivity contribution >= 4 is 49.3 Å². The molecule has 0 atom stereocenters. The zero-order valence-electron chi connectivity index (χ0n) is 22.5. The van der Waals surface area contributed by atoms with E-state index in [-0.39, 0.29) is 0 Å². The fourth-order valence-electron chi connectivity index (χ4n) is 6.35. The van der Waals surface area contributed by atoms with Crippen LogP contribution in [0.2, 0.25) is 0 Å². The molecule has 0 saturated heterocycles. The molecule has 0 aliphatic carbocycles. The van der Waals surface area contributed by atoms with E-state index in [0.717, 1.165) is 44.1 Å². The predicted octanol–water partition coefficient (Wildman–Crippen LogP) is 9.97. The van der Waals surface area contributed by atoms with Crippen LogP contribution in [0.5, 0.6) is 0 Å². The van der Waals surface area contributed by atoms with Gasteiger partial charge in [-0.05, 0) is 59.7 Å². The largest absolute Gasteiger partial charge is 0.318 e. The maximum absolute atomic E-state index is 9.95. The van der Waals surface area contributed by atoms with Crippen molar-refractivity contribution in [1.29, 1.82) is 5.26 Å². The fourth-order valence-corrected chi connectivity index (χ4v) is 6.35. The number of aromatic nitrogens is 2. The second kappa shape index (κ2) is 9.24. The SMILES string of the molecule is [C-]#[N+]c1cccc(C#N)c1-n1c2ccccc2c2cc(-c3ccc4c5ccccc5n(-c5ccccc5)c4c3)ccc21. The Labute approximate surface area is 242 Å². The molecule has 2 heterocycles. The topological polar surface area (TPSA) is 38.0 Å². The van der Waals surface area contributed by atoms with Crippen molar-refractivity contribution in [3.05, 3.63) is 150 Å². The molecule has 8 aromatic rings. The summed E-state index contributed by atoms with van der Waals surface area (Å²) in [6.07, 6.45) is 0. The molecule has 4 nitrogen and oxygen atoms in total. The normalized spacial score (nSPS) is 11.3. The smallest absolute Gasteiger partial charge is 0.211 e. The summed E-state index contributed by atoms with van der Waals surface area (Å²) < 4.78 is 4.40. The summed E-state index contributed by atoms with van der Waals surface area (Å²) in [4.78, 5) is 3.77. The van der Waals surface area contributed by atoms with Gasteiger partial charge in [0, 0.05) is 27.2 Å². The summed E-state index contributed by atoms with van der Waals surface area (Å²) in [5, 5.41) is 14.6. The second-order valence-corrected chi connectivity index (χ2v) is 10.4. The molecule has 194 valence electrons. The summed E-state index contributed by atoms with van der Waals surface area (Å²) in [7, 11) is 0. The standard InChI is InChI=1S/C38H22N4/c1-40-33-15-9-10-27(24-39)38(33)42-35-17-8-6-14-30(35)32-22-25(19-21-36(32)42)26-18-20-31-29-13-5-7-16-34(29)41(37(31)23-26)28-11-3-2-4-12-28/h2-23H. The third-order valence-corrected chi connectivity index (χ3v) is 8.17. The highest BCUT2D eigenvalue weighted by atomic mass is 15.0. The molecular weight excluding hydrogens is 512 g/mol. The number of benzene rings is 6. The van der Waals surface area contributed by atoms with E-state index in [1.54, 1.807) is 18.2 Å². The first kappa shape index (κ1) is 23.8. The molecule has 8 rings (SSSR count). The molecule has 0 N–H and O–H groups in total. The predicted molar refractivity (Wildman–Crippen MR) is 172 cm³/mol. The number of nitrogens with zero attached hydrogens (tertiary/aromatic N) is 4. The minimum atomic E-state index is 0.458. The highest BCUT2D eigenvalue weighted by molar-refractivity contribution is 6.12. The molecular formula is C38H22N4. The molecule has 2 aromatic heterocycles. The van der Waals surface area contributed by atoms with E-state index in [0.29, 0.717) is 16.9 Å². The Morgan fingerprint density at radius 2 is 1.14 bits per heavy atom. The number of hydrogen-bond donors (Lipinski definition) is 0. The number of nitriles is 1. The third kappa shape index (κ3) is 3.40. The first-order valence-electron chi connectivity index (χ1n) is 13.8. The summed E-state index contributed by atoms with van der Waals surface area (Å²) in [6.45, 7) is 7.81. The number of para-hydroxylation sites is 4. The Balaban J connectivity index is 1.39. The number of hydrogen-bond acceptors (Lipinski definition) is 1. The van der Waals surface area contributed by atoms with Crippen molar-refractivity contribution < 1.29 is 0 Å². The van der Waals surface area contributed by atoms with Crippen LogP contribution in [0.3, 0.4) is 0 Å². The van der Waals surface area contributed by atoms with Gasteiger partial charge in [-0.1, -0.05) is 84.9 Å². The quantitative estimate of drug-likeness (QED) is 0.208. The lowest BCUT2D eigenvalue weighted by Crippen LogP contribution is -1.97. The van der Waals surface area contributed by atoms with Crippen molar-refractivity contribution in [2.45, 2.75) is 0 Å². The highest BCUT2D eigenvalue weighted by Crippen LogP contribution is 2.40. The van der Waals surface area contributed by atoms with E-state index >= 15 is 0 Å². The molecule has 0 spiro atoms. The van der Waals surface area contributed by atoms with Gasteiger partial charge in [0.15, 0.2) is 0 Å². The average Bonchev–Trinajstić information content (AvgIpc) is 3.56. The monoisotopic (exact) mass is 534 g/mol. The van der Waals surface area contributed by atoms with E-state index in [2.05, 4.69) is 117 Å². The van der Waals surface area contributed by atoms with Crippen LogP contribution in [0, 0.1) is 17.9 Å². The molecule has 42 heavy (non-hydrogen) atoms. The fraction of sp³-hybridized carbons (Fsp3) is 0. The first-order chi connectivity index (χ1) is 20.8. The van der Waals surface area contributed by atoms with E-state index in [9.17, 15) is 5.26 Å². The van der Waals surface area contributed by atoms with Gasteiger partial charge in [0.1, 0.15) is 0 Å². The van der Waals surface area contributed by atoms with Crippen molar-refractivity contribution in [3.63, 3.8) is 0 Å². The van der Waals surface area contributed by atoms with Crippen LogP contribution >= 0.6 is 0 Å². The summed E-state index contributed by atoms with van der Waals surface area (Å²) in [6, 6.07) is 48.1. The molecule has 4 heteroatoms. The van der Waals surface area contributed by atoms with Gasteiger partial charge in [0.2, 0.25) is 5.69 Å². The van der Waals surface area contributed by atoms with Gasteiger partial charge >= 0.3 is 0 Å². The molecule has 6 aromatic carbocycles. The molecule has 0 aliphatic heterocycles. The summed E-state index contributed by atoms with van der Waals surface area (Å²) in [5.74, 6) is 0. The van der Waals surface area contributed by atoms with Crippen LogP contribution in [-0.2, 0) is 0 Å². The molecule has 0 unspecified atom stereocenters. The van der Waals surface area contributed by atoms with Gasteiger partial charge in [-0.15, -0.1) is 0 Å². The number of rotatable bonds is 3. The lowest BCUT2D eigenvalue weighted by atomic mass is 10.0. The average molecular weight is 535 g/mol. The van der Waals surface area contributed by atoms with Gasteiger partial charge in [-0.25, -0.2) is 4.85 Å². The lowest BCUT2D eigenvalue weighted by Gasteiger charge is -2.12. The zero-order chi connectivity index (χ0) is 28.2. The zero-order valence-corrected chi connectivity index (χ0v) is 22.5. The van der Waals surface area contributed by atoms with Crippen molar-refractivity contribution in [2.24, 2.45) is 0 Å². The van der Waals surface area contributed by atoms with Crippen molar-refractivity contribution in [1.82, 2.24) is 9.13 Å². The van der Waals surface area contributed by atoms with Crippen LogP contribution in [0.25, 0.3) is 71.0 Å². The Bertz CT molecular complexity index is 2400. The van der Waals surface area contributed by atoms with E-state index in [1.807, 2.05) is 18.2 Å². The molecule has 0 amide bonds. The van der Waals surface area contributed by atoms with Gasteiger partial charge in [-0.2, -0.15) is 5.26 Å². The first-order valence-corrected chi connectivity index (χ1v) is 13.8. The van der Waals surface area contributed by atoms with Crippen LogP contribution < -0.4 is 0 Å². The van der Waals surface area contributed by atoms with E-state index in [1.165, 1.54) is 16.3 Å². The molecule has 0 aliphatic rings. The van der Waals surface area contributed by atoms with Gasteiger partial charge < -0.3 is 9.13 Å². The third-order valence-electron chi connectivity index (χ3n) is 8.17. The highest BCUT2D eigenvalue weighted by Gasteiger charge is 2.19. The Hall–Kier alpha value is -6.10. The Kier molecular flexibility index (Phi) is 5.22. The Morgan fingerprint density at radius 1 is 0.524 bits per heavy atom. The molecule has 0 fully saturated rings. The van der Waals surface area contributed by atoms with Crippen LogP contribution in [-0.4, -0.2) is 9.13 Å². The maximum Gasteiger partial charge on any atom is 0.211 e. The van der Waals surface area contributed by atoms with Crippen molar-refractivity contribution in [2.75, 3.05) is 0 Å². The van der Waals surface area contributed by atoms with Crippen LogP contribution in [0.1, 0.15) is 5.56 Å². The van der Waals surface area contributed by atoms with E-state index < -0.39 is 0 Å². The van der Waals surface area contributed by atoms with Crippen LogP contribution in [0.15, 0.2) is 133 Å². The van der Waals surface area contributed by atoms with Gasteiger partial charge in [0.25, 0.3) is 0 Å². The maximum atomic E-state index is 9.95. The molecule has 0 radical (unpaired) electrons. The number of fused-ring (bicyclic) bond motifs is 6. The van der Waals surface area contributed by atoms with Crippen molar-refractivity contribution in [3.8, 4) is 28.6 Å². The lowest BCUT2D eigenvalue weighted by molar-refractivity contribution is 1.17. The van der Waals surface area contributed by atoms with Gasteiger partial charge in [-0.3, -0.25) is 0 Å². The minimum absolute atomic E-state index is 0.458. The molecule has 0 saturated carbocycles. The summed E-state index contributed by atoms with van der Waals surface area (Å²) >= 11 is 0.